The van der Waals surface area contributed by atoms with E-state index in [2.05, 4.69) is 15.4 Å². The lowest BCUT2D eigenvalue weighted by molar-refractivity contribution is 0.0965. The summed E-state index contributed by atoms with van der Waals surface area (Å²) in [6.07, 6.45) is 0.457. The number of amides is 1. The average Bonchev–Trinajstić information content (AvgIpc) is 3.32. The Balaban J connectivity index is 1.70. The number of para-hydroxylation sites is 1. The predicted molar refractivity (Wildman–Crippen MR) is 143 cm³/mol. The van der Waals surface area contributed by atoms with Gasteiger partial charge in [0.25, 0.3) is 5.91 Å². The summed E-state index contributed by atoms with van der Waals surface area (Å²) in [4.78, 5) is 30.5. The molecule has 0 radical (unpaired) electrons. The summed E-state index contributed by atoms with van der Waals surface area (Å²) in [5, 5.41) is 16.8. The number of anilines is 1. The molecule has 10 heteroatoms. The molecule has 1 amide bonds. The number of aromatic nitrogens is 3. The molecule has 2 aromatic carbocycles. The summed E-state index contributed by atoms with van der Waals surface area (Å²) < 4.78 is 6.64. The number of carbonyl (C=O) groups excluding carboxylic acids is 2. The second kappa shape index (κ2) is 12.1. The molecule has 2 heterocycles. The van der Waals surface area contributed by atoms with Crippen LogP contribution >= 0.6 is 23.2 Å². The first-order chi connectivity index (χ1) is 17.9. The van der Waals surface area contributed by atoms with Gasteiger partial charge < -0.3 is 15.2 Å². The summed E-state index contributed by atoms with van der Waals surface area (Å²) in [5.41, 5.74) is 2.81. The lowest BCUT2D eigenvalue weighted by Gasteiger charge is -2.12. The SMILES string of the molecule is COCc1cccc(-c2cc(C(=O)Nc3cc(C(=O)CCCO)nn3-c3ccccc3)c(Cl)cc2Cl)n1. The molecule has 190 valence electrons. The van der Waals surface area contributed by atoms with Crippen LogP contribution in [0.25, 0.3) is 16.9 Å². The van der Waals surface area contributed by atoms with Gasteiger partial charge in [0.2, 0.25) is 0 Å². The van der Waals surface area contributed by atoms with Crippen molar-refractivity contribution in [3.63, 3.8) is 0 Å². The maximum atomic E-state index is 13.4. The van der Waals surface area contributed by atoms with Crippen LogP contribution in [0.1, 0.15) is 39.4 Å². The second-order valence-electron chi connectivity index (χ2n) is 8.13. The molecule has 2 N–H and O–H groups in total. The van der Waals surface area contributed by atoms with Gasteiger partial charge in [0, 0.05) is 31.8 Å². The van der Waals surface area contributed by atoms with E-state index >= 15 is 0 Å². The Kier molecular flexibility index (Phi) is 8.68. The fourth-order valence-corrected chi connectivity index (χ4v) is 4.27. The minimum absolute atomic E-state index is 0.102. The minimum atomic E-state index is -0.512. The number of benzene rings is 2. The monoisotopic (exact) mass is 538 g/mol. The molecule has 2 aromatic heterocycles. The number of pyridine rings is 1. The predicted octanol–water partition coefficient (Wildman–Crippen LogP) is 5.60. The van der Waals surface area contributed by atoms with Crippen molar-refractivity contribution in [3.05, 3.63) is 93.7 Å². The Morgan fingerprint density at radius 3 is 2.54 bits per heavy atom. The fourth-order valence-electron chi connectivity index (χ4n) is 3.70. The molecule has 37 heavy (non-hydrogen) atoms. The molecule has 0 aliphatic carbocycles. The van der Waals surface area contributed by atoms with Gasteiger partial charge in [-0.25, -0.2) is 4.68 Å². The first-order valence-electron chi connectivity index (χ1n) is 11.5. The molecule has 0 aliphatic heterocycles. The van der Waals surface area contributed by atoms with Crippen LogP contribution in [-0.2, 0) is 11.3 Å². The number of halogens is 2. The zero-order chi connectivity index (χ0) is 26.4. The molecule has 0 saturated carbocycles. The van der Waals surface area contributed by atoms with Gasteiger partial charge in [-0.1, -0.05) is 47.5 Å². The van der Waals surface area contributed by atoms with Crippen LogP contribution in [0.15, 0.2) is 66.7 Å². The number of Topliss-reactive ketones (excluding diaryl/α,β-unsaturated/α-hetero) is 1. The molecule has 8 nitrogen and oxygen atoms in total. The largest absolute Gasteiger partial charge is 0.396 e. The van der Waals surface area contributed by atoms with Crippen molar-refractivity contribution >= 4 is 40.7 Å². The Morgan fingerprint density at radius 1 is 1.03 bits per heavy atom. The third-order valence-electron chi connectivity index (χ3n) is 5.48. The van der Waals surface area contributed by atoms with E-state index in [0.29, 0.717) is 40.7 Å². The highest BCUT2D eigenvalue weighted by atomic mass is 35.5. The van der Waals surface area contributed by atoms with E-state index in [4.69, 9.17) is 33.0 Å². The van der Waals surface area contributed by atoms with Gasteiger partial charge in [-0.15, -0.1) is 0 Å². The van der Waals surface area contributed by atoms with Crippen LogP contribution in [0.3, 0.4) is 0 Å². The minimum Gasteiger partial charge on any atom is -0.396 e. The van der Waals surface area contributed by atoms with Crippen molar-refractivity contribution in [3.8, 4) is 16.9 Å². The van der Waals surface area contributed by atoms with Crippen LogP contribution in [0.5, 0.6) is 0 Å². The number of ether oxygens (including phenoxy) is 1. The third kappa shape index (κ3) is 6.23. The zero-order valence-corrected chi connectivity index (χ0v) is 21.5. The molecule has 4 rings (SSSR count). The van der Waals surface area contributed by atoms with Gasteiger partial charge in [0.15, 0.2) is 5.78 Å². The lowest BCUT2D eigenvalue weighted by Crippen LogP contribution is -2.16. The molecule has 0 unspecified atom stereocenters. The van der Waals surface area contributed by atoms with Crippen LogP contribution in [-0.4, -0.2) is 45.3 Å². The first kappa shape index (κ1) is 26.5. The van der Waals surface area contributed by atoms with E-state index in [9.17, 15) is 9.59 Å². The number of carbonyl (C=O) groups is 2. The number of methoxy groups -OCH3 is 1. The van der Waals surface area contributed by atoms with Crippen LogP contribution in [0, 0.1) is 0 Å². The maximum Gasteiger partial charge on any atom is 0.258 e. The van der Waals surface area contributed by atoms with Gasteiger partial charge in [-0.2, -0.15) is 5.10 Å². The van der Waals surface area contributed by atoms with E-state index < -0.39 is 5.91 Å². The van der Waals surface area contributed by atoms with Crippen molar-refractivity contribution in [2.45, 2.75) is 19.4 Å². The zero-order valence-electron chi connectivity index (χ0n) is 19.9. The molecule has 4 aromatic rings. The van der Waals surface area contributed by atoms with Gasteiger partial charge in [-0.3, -0.25) is 14.6 Å². The van der Waals surface area contributed by atoms with Crippen molar-refractivity contribution in [2.24, 2.45) is 0 Å². The molecule has 0 bridgehead atoms. The Bertz CT molecular complexity index is 1420. The number of aliphatic hydroxyl groups excluding tert-OH is 1. The molecular weight excluding hydrogens is 515 g/mol. The number of nitrogens with one attached hydrogen (secondary N) is 1. The Hall–Kier alpha value is -3.56. The van der Waals surface area contributed by atoms with Gasteiger partial charge in [0.1, 0.15) is 11.5 Å². The topological polar surface area (TPSA) is 106 Å². The van der Waals surface area contributed by atoms with Crippen LogP contribution in [0.2, 0.25) is 10.0 Å². The second-order valence-corrected chi connectivity index (χ2v) is 8.94. The Labute approximate surface area is 223 Å². The molecule has 0 saturated heterocycles. The number of aliphatic hydroxyl groups is 1. The number of nitrogens with zero attached hydrogens (tertiary/aromatic N) is 3. The van der Waals surface area contributed by atoms with Crippen molar-refractivity contribution < 1.29 is 19.4 Å². The maximum absolute atomic E-state index is 13.4. The molecule has 0 fully saturated rings. The summed E-state index contributed by atoms with van der Waals surface area (Å²) in [7, 11) is 1.58. The molecule has 0 atom stereocenters. The smallest absolute Gasteiger partial charge is 0.258 e. The summed E-state index contributed by atoms with van der Waals surface area (Å²) in [6, 6.07) is 19.1. The normalized spacial score (nSPS) is 10.9. The highest BCUT2D eigenvalue weighted by Gasteiger charge is 2.20. The quantitative estimate of drug-likeness (QED) is 0.255. The standard InChI is InChI=1S/C27H24Cl2N4O4/c1-37-16-17-7-5-10-23(30-17)19-13-20(22(29)14-21(19)28)27(36)31-26-15-24(25(35)11-6-12-34)32-33(26)18-8-3-2-4-9-18/h2-5,7-10,13-15,34H,6,11-12,16H2,1H3,(H,31,36). The van der Waals surface area contributed by atoms with Crippen molar-refractivity contribution in [2.75, 3.05) is 19.0 Å². The lowest BCUT2D eigenvalue weighted by atomic mass is 10.1. The van der Waals surface area contributed by atoms with Crippen LogP contribution < -0.4 is 5.32 Å². The van der Waals surface area contributed by atoms with E-state index in [-0.39, 0.29) is 40.9 Å². The van der Waals surface area contributed by atoms with E-state index in [1.54, 1.807) is 31.4 Å². The number of ketones is 1. The van der Waals surface area contributed by atoms with Gasteiger partial charge in [0.05, 0.1) is 39.3 Å². The van der Waals surface area contributed by atoms with Gasteiger partial charge in [-0.05, 0) is 42.8 Å². The summed E-state index contributed by atoms with van der Waals surface area (Å²) >= 11 is 12.9. The molecular formula is C27H24Cl2N4O4. The van der Waals surface area contributed by atoms with Gasteiger partial charge >= 0.3 is 0 Å². The fraction of sp³-hybridized carbons (Fsp3) is 0.185. The van der Waals surface area contributed by atoms with Crippen molar-refractivity contribution in [1.29, 1.82) is 0 Å². The molecule has 0 aliphatic rings. The van der Waals surface area contributed by atoms with Crippen LogP contribution in [0.4, 0.5) is 5.82 Å². The number of hydrogen-bond acceptors (Lipinski definition) is 6. The average molecular weight is 539 g/mol. The van der Waals surface area contributed by atoms with E-state index in [1.165, 1.54) is 16.8 Å². The first-order valence-corrected chi connectivity index (χ1v) is 12.2. The molecule has 0 spiro atoms. The number of rotatable bonds is 10. The highest BCUT2D eigenvalue weighted by Crippen LogP contribution is 2.33. The van der Waals surface area contributed by atoms with E-state index in [0.717, 1.165) is 0 Å². The third-order valence-corrected chi connectivity index (χ3v) is 6.10. The summed E-state index contributed by atoms with van der Waals surface area (Å²) in [5.74, 6) is -0.466. The highest BCUT2D eigenvalue weighted by molar-refractivity contribution is 6.38. The summed E-state index contributed by atoms with van der Waals surface area (Å²) in [6.45, 7) is 0.227. The van der Waals surface area contributed by atoms with E-state index in [1.807, 2.05) is 30.3 Å². The Morgan fingerprint density at radius 2 is 1.81 bits per heavy atom. The van der Waals surface area contributed by atoms with Crippen molar-refractivity contribution in [1.82, 2.24) is 14.8 Å². The number of hydrogen-bond donors (Lipinski definition) is 2.